The molecule has 6 nitrogen and oxygen atoms in total. The van der Waals surface area contributed by atoms with Crippen LogP contribution in [0.3, 0.4) is 0 Å². The van der Waals surface area contributed by atoms with Gasteiger partial charge in [0.25, 0.3) is 0 Å². The number of para-hydroxylation sites is 1. The van der Waals surface area contributed by atoms with E-state index in [4.69, 9.17) is 0 Å². The Balaban J connectivity index is 1.79. The van der Waals surface area contributed by atoms with Gasteiger partial charge in [0.05, 0.1) is 19.8 Å². The van der Waals surface area contributed by atoms with E-state index in [9.17, 15) is 4.79 Å². The lowest BCUT2D eigenvalue weighted by atomic mass is 10.2. The zero-order valence-electron chi connectivity index (χ0n) is 16.0. The van der Waals surface area contributed by atoms with E-state index in [-0.39, 0.29) is 17.7 Å². The van der Waals surface area contributed by atoms with Gasteiger partial charge in [0.2, 0.25) is 5.91 Å². The van der Waals surface area contributed by atoms with Crippen LogP contribution in [0.2, 0.25) is 0 Å². The summed E-state index contributed by atoms with van der Waals surface area (Å²) in [6, 6.07) is 17.9. The maximum absolute atomic E-state index is 12.4. The Morgan fingerprint density at radius 2 is 1.93 bits per heavy atom. The molecule has 1 amide bonds. The smallest absolute Gasteiger partial charge is 0.234 e. The van der Waals surface area contributed by atoms with E-state index in [0.29, 0.717) is 5.16 Å². The van der Waals surface area contributed by atoms with Gasteiger partial charge in [-0.1, -0.05) is 36.0 Å². The van der Waals surface area contributed by atoms with Crippen molar-refractivity contribution in [1.82, 2.24) is 14.8 Å². The molecule has 0 saturated heterocycles. The van der Waals surface area contributed by atoms with E-state index < -0.39 is 0 Å². The molecule has 1 aromatic heterocycles. The van der Waals surface area contributed by atoms with Crippen molar-refractivity contribution in [2.45, 2.75) is 18.1 Å². The van der Waals surface area contributed by atoms with Gasteiger partial charge in [-0.05, 0) is 59.8 Å². The molecular weight excluding hydrogens is 485 g/mol. The maximum atomic E-state index is 12.4. The average Bonchev–Trinajstić information content (AvgIpc) is 3.10. The third kappa shape index (κ3) is 5.12. The first-order valence-electron chi connectivity index (χ1n) is 8.94. The van der Waals surface area contributed by atoms with Gasteiger partial charge in [-0.2, -0.15) is 0 Å². The summed E-state index contributed by atoms with van der Waals surface area (Å²) in [6.45, 7) is 2.12. The molecule has 28 heavy (non-hydrogen) atoms. The van der Waals surface area contributed by atoms with Gasteiger partial charge in [-0.25, -0.2) is 0 Å². The first-order chi connectivity index (χ1) is 13.5. The SMILES string of the molecule is C[C@H](c1nnc(SCC(=O)Nc2cccc(I)c2)n1-c1ccccc1)[NH+](C)C. The fourth-order valence-corrected chi connectivity index (χ4v) is 3.93. The lowest BCUT2D eigenvalue weighted by Crippen LogP contribution is -3.05. The zero-order chi connectivity index (χ0) is 20.1. The van der Waals surface area contributed by atoms with Crippen LogP contribution in [0.4, 0.5) is 5.69 Å². The highest BCUT2D eigenvalue weighted by molar-refractivity contribution is 14.1. The summed E-state index contributed by atoms with van der Waals surface area (Å²) in [7, 11) is 4.19. The third-order valence-corrected chi connectivity index (χ3v) is 5.97. The van der Waals surface area contributed by atoms with Crippen molar-refractivity contribution >= 4 is 45.9 Å². The molecule has 8 heteroatoms. The summed E-state index contributed by atoms with van der Waals surface area (Å²) >= 11 is 3.62. The maximum Gasteiger partial charge on any atom is 0.234 e. The van der Waals surface area contributed by atoms with Crippen LogP contribution < -0.4 is 10.2 Å². The second kappa shape index (κ2) is 9.53. The molecule has 0 fully saturated rings. The van der Waals surface area contributed by atoms with Gasteiger partial charge in [-0.3, -0.25) is 9.36 Å². The van der Waals surface area contributed by atoms with E-state index in [2.05, 4.69) is 59.1 Å². The minimum absolute atomic E-state index is 0.0672. The van der Waals surface area contributed by atoms with Crippen molar-refractivity contribution in [3.8, 4) is 5.69 Å². The number of nitrogens with one attached hydrogen (secondary N) is 2. The normalized spacial score (nSPS) is 12.2. The molecule has 146 valence electrons. The number of hydrogen-bond donors (Lipinski definition) is 2. The largest absolute Gasteiger partial charge is 0.331 e. The van der Waals surface area contributed by atoms with Crippen molar-refractivity contribution in [3.05, 3.63) is 64.0 Å². The van der Waals surface area contributed by atoms with Gasteiger partial charge in [-0.15, -0.1) is 10.2 Å². The van der Waals surface area contributed by atoms with Crippen LogP contribution in [0.15, 0.2) is 59.8 Å². The van der Waals surface area contributed by atoms with Crippen molar-refractivity contribution in [1.29, 1.82) is 0 Å². The minimum Gasteiger partial charge on any atom is -0.331 e. The van der Waals surface area contributed by atoms with Crippen molar-refractivity contribution < 1.29 is 9.69 Å². The quantitative estimate of drug-likeness (QED) is 0.381. The van der Waals surface area contributed by atoms with E-state index in [1.165, 1.54) is 16.7 Å². The summed E-state index contributed by atoms with van der Waals surface area (Å²) in [5.74, 6) is 1.08. The Kier molecular flexibility index (Phi) is 7.08. The first kappa shape index (κ1) is 20.8. The highest BCUT2D eigenvalue weighted by Gasteiger charge is 2.23. The average molecular weight is 508 g/mol. The molecular formula is C20H23IN5OS+. The number of quaternary nitrogens is 1. The molecule has 0 saturated carbocycles. The van der Waals surface area contributed by atoms with E-state index in [0.717, 1.165) is 20.8 Å². The van der Waals surface area contributed by atoms with Crippen LogP contribution >= 0.6 is 34.4 Å². The molecule has 0 unspecified atom stereocenters. The molecule has 0 aliphatic heterocycles. The number of anilines is 1. The summed E-state index contributed by atoms with van der Waals surface area (Å²) in [6.07, 6.45) is 0. The van der Waals surface area contributed by atoms with Crippen LogP contribution in [0.5, 0.6) is 0 Å². The number of benzene rings is 2. The number of nitrogens with zero attached hydrogens (tertiary/aromatic N) is 3. The van der Waals surface area contributed by atoms with Gasteiger partial charge in [0.15, 0.2) is 11.0 Å². The van der Waals surface area contributed by atoms with Crippen molar-refractivity contribution in [2.24, 2.45) is 0 Å². The molecule has 3 rings (SSSR count). The lowest BCUT2D eigenvalue weighted by Gasteiger charge is -2.18. The van der Waals surface area contributed by atoms with Crippen LogP contribution in [0.25, 0.3) is 5.69 Å². The lowest BCUT2D eigenvalue weighted by molar-refractivity contribution is -0.890. The number of halogens is 1. The van der Waals surface area contributed by atoms with E-state index >= 15 is 0 Å². The Morgan fingerprint density at radius 1 is 1.18 bits per heavy atom. The van der Waals surface area contributed by atoms with Gasteiger partial charge in [0.1, 0.15) is 6.04 Å². The molecule has 2 aromatic carbocycles. The monoisotopic (exact) mass is 508 g/mol. The fourth-order valence-electron chi connectivity index (χ4n) is 2.63. The standard InChI is InChI=1S/C20H22IN5OS/c1-14(25(2)3)19-23-24-20(26(19)17-10-5-4-6-11-17)28-13-18(27)22-16-9-7-8-15(21)12-16/h4-12,14H,13H2,1-3H3,(H,22,27)/p+1/t14-/m1/s1. The van der Waals surface area contributed by atoms with Crippen molar-refractivity contribution in [2.75, 3.05) is 25.2 Å². The van der Waals surface area contributed by atoms with Gasteiger partial charge < -0.3 is 10.2 Å². The molecule has 1 heterocycles. The molecule has 0 spiro atoms. The number of thioether (sulfide) groups is 1. The highest BCUT2D eigenvalue weighted by Crippen LogP contribution is 2.24. The predicted molar refractivity (Wildman–Crippen MR) is 121 cm³/mol. The number of rotatable bonds is 7. The number of amides is 1. The number of aromatic nitrogens is 3. The van der Waals surface area contributed by atoms with Crippen LogP contribution in [0.1, 0.15) is 18.8 Å². The predicted octanol–water partition coefficient (Wildman–Crippen LogP) is 2.81. The Labute approximate surface area is 182 Å². The topological polar surface area (TPSA) is 64.2 Å². The third-order valence-electron chi connectivity index (χ3n) is 4.37. The Hall–Kier alpha value is -1.91. The zero-order valence-corrected chi connectivity index (χ0v) is 19.0. The molecule has 0 aliphatic rings. The summed E-state index contributed by atoms with van der Waals surface area (Å²) < 4.78 is 3.12. The number of carbonyl (C=O) groups is 1. The Bertz CT molecular complexity index is 945. The summed E-state index contributed by atoms with van der Waals surface area (Å²) in [4.78, 5) is 13.7. The Morgan fingerprint density at radius 3 is 2.61 bits per heavy atom. The first-order valence-corrected chi connectivity index (χ1v) is 11.0. The van der Waals surface area contributed by atoms with Crippen LogP contribution in [0, 0.1) is 3.57 Å². The molecule has 0 aliphatic carbocycles. The van der Waals surface area contributed by atoms with Gasteiger partial charge >= 0.3 is 0 Å². The molecule has 0 bridgehead atoms. The van der Waals surface area contributed by atoms with Crippen LogP contribution in [-0.4, -0.2) is 40.5 Å². The molecule has 3 aromatic rings. The highest BCUT2D eigenvalue weighted by atomic mass is 127. The number of carbonyl (C=O) groups excluding carboxylic acids is 1. The van der Waals surface area contributed by atoms with Gasteiger partial charge in [0, 0.05) is 14.9 Å². The molecule has 0 radical (unpaired) electrons. The summed E-state index contributed by atoms with van der Waals surface area (Å²) in [5.41, 5.74) is 1.80. The van der Waals surface area contributed by atoms with Crippen LogP contribution in [-0.2, 0) is 4.79 Å². The molecule has 2 N–H and O–H groups in total. The molecule has 1 atom stereocenters. The number of hydrogen-bond acceptors (Lipinski definition) is 4. The second-order valence-electron chi connectivity index (χ2n) is 6.66. The van der Waals surface area contributed by atoms with E-state index in [1.807, 2.05) is 59.2 Å². The van der Waals surface area contributed by atoms with Crippen molar-refractivity contribution in [3.63, 3.8) is 0 Å². The fraction of sp³-hybridized carbons (Fsp3) is 0.250. The summed E-state index contributed by atoms with van der Waals surface area (Å²) in [5, 5.41) is 12.4. The second-order valence-corrected chi connectivity index (χ2v) is 8.85. The van der Waals surface area contributed by atoms with E-state index in [1.54, 1.807) is 0 Å². The minimum atomic E-state index is -0.0672.